The third-order valence-electron chi connectivity index (χ3n) is 8.12. The predicted molar refractivity (Wildman–Crippen MR) is 137 cm³/mol. The average Bonchev–Trinajstić information content (AvgIpc) is 3.24. The Hall–Kier alpha value is -3.03. The molecule has 0 aliphatic carbocycles. The van der Waals surface area contributed by atoms with Gasteiger partial charge in [-0.15, -0.1) is 0 Å². The van der Waals surface area contributed by atoms with E-state index < -0.39 is 0 Å². The average molecular weight is 491 g/mol. The first kappa shape index (κ1) is 23.4. The summed E-state index contributed by atoms with van der Waals surface area (Å²) in [6.07, 6.45) is 8.27. The number of allylic oxidation sites excluding steroid dienone is 1. The second kappa shape index (κ2) is 9.79. The number of nitrogens with zero attached hydrogens (tertiary/aromatic N) is 2. The highest BCUT2D eigenvalue weighted by Gasteiger charge is 2.37. The molecule has 36 heavy (non-hydrogen) atoms. The summed E-state index contributed by atoms with van der Waals surface area (Å²) in [7, 11) is 3.19. The summed E-state index contributed by atoms with van der Waals surface area (Å²) in [4.78, 5) is 18.4. The zero-order valence-electron chi connectivity index (χ0n) is 21.1. The van der Waals surface area contributed by atoms with Crippen molar-refractivity contribution in [1.82, 2.24) is 9.80 Å². The Labute approximate surface area is 212 Å². The molecule has 0 amide bonds. The van der Waals surface area contributed by atoms with Gasteiger partial charge >= 0.3 is 0 Å². The Morgan fingerprint density at radius 1 is 1.06 bits per heavy atom. The largest absolute Gasteiger partial charge is 0.493 e. The molecule has 4 heterocycles. The summed E-state index contributed by atoms with van der Waals surface area (Å²) in [6.45, 7) is 4.81. The van der Waals surface area contributed by atoms with E-state index in [1.165, 1.54) is 45.2 Å². The SMILES string of the molecule is COc1cccc(C=C2Oc3c(ccc4c3CN(CC3CCCN5CCCCC35)CO4)C2=O)c1OC. The number of benzene rings is 2. The standard InChI is InChI=1S/C29H34N2O5/c1-33-25-10-5-7-19(28(25)34-2)15-26-27(32)21-11-12-24-22(29(21)36-26)17-30(18-35-24)16-20-8-6-14-31-13-4-3-9-23(20)31/h5,7,10-12,15,20,23H,3-4,6,8-9,13-14,16-18H2,1-2H3. The fourth-order valence-electron chi connectivity index (χ4n) is 6.41. The van der Waals surface area contributed by atoms with Crippen molar-refractivity contribution >= 4 is 11.9 Å². The zero-order chi connectivity index (χ0) is 24.6. The van der Waals surface area contributed by atoms with Gasteiger partial charge in [0.1, 0.15) is 18.2 Å². The fourth-order valence-corrected chi connectivity index (χ4v) is 6.41. The maximum Gasteiger partial charge on any atom is 0.231 e. The summed E-state index contributed by atoms with van der Waals surface area (Å²) >= 11 is 0. The van der Waals surface area contributed by atoms with Gasteiger partial charge in [-0.05, 0) is 69.0 Å². The summed E-state index contributed by atoms with van der Waals surface area (Å²) < 4.78 is 23.3. The lowest BCUT2D eigenvalue weighted by Crippen LogP contribution is -2.51. The van der Waals surface area contributed by atoms with Crippen molar-refractivity contribution in [2.75, 3.05) is 40.6 Å². The summed E-state index contributed by atoms with van der Waals surface area (Å²) in [6, 6.07) is 10.00. The van der Waals surface area contributed by atoms with Crippen LogP contribution in [0.2, 0.25) is 0 Å². The van der Waals surface area contributed by atoms with Crippen LogP contribution in [0.5, 0.6) is 23.0 Å². The van der Waals surface area contributed by atoms with Crippen LogP contribution in [-0.4, -0.2) is 62.2 Å². The third-order valence-corrected chi connectivity index (χ3v) is 8.12. The van der Waals surface area contributed by atoms with Crippen LogP contribution in [0.3, 0.4) is 0 Å². The number of carbonyl (C=O) groups excluding carboxylic acids is 1. The van der Waals surface area contributed by atoms with Crippen molar-refractivity contribution in [2.45, 2.75) is 44.7 Å². The molecular formula is C29H34N2O5. The van der Waals surface area contributed by atoms with E-state index in [2.05, 4.69) is 9.80 Å². The molecule has 7 nitrogen and oxygen atoms in total. The van der Waals surface area contributed by atoms with Crippen molar-refractivity contribution in [3.63, 3.8) is 0 Å². The number of hydrogen-bond donors (Lipinski definition) is 0. The number of fused-ring (bicyclic) bond motifs is 4. The normalized spacial score (nSPS) is 24.9. The summed E-state index contributed by atoms with van der Waals surface area (Å²) in [5, 5.41) is 0. The van der Waals surface area contributed by atoms with Gasteiger partial charge < -0.3 is 23.8 Å². The molecule has 0 N–H and O–H groups in total. The number of Topliss-reactive ketones (excluding diaryl/α,β-unsaturated/α-hetero) is 1. The highest BCUT2D eigenvalue weighted by atomic mass is 16.5. The van der Waals surface area contributed by atoms with Gasteiger partial charge in [-0.2, -0.15) is 0 Å². The van der Waals surface area contributed by atoms with Crippen LogP contribution in [0.15, 0.2) is 36.1 Å². The molecule has 2 aromatic carbocycles. The van der Waals surface area contributed by atoms with Gasteiger partial charge in [0.15, 0.2) is 17.3 Å². The van der Waals surface area contributed by atoms with Gasteiger partial charge in [-0.3, -0.25) is 9.69 Å². The topological polar surface area (TPSA) is 60.5 Å². The first-order valence-electron chi connectivity index (χ1n) is 13.1. The minimum Gasteiger partial charge on any atom is -0.493 e. The van der Waals surface area contributed by atoms with Crippen LogP contribution < -0.4 is 18.9 Å². The van der Waals surface area contributed by atoms with Crippen molar-refractivity contribution in [3.05, 3.63) is 52.8 Å². The van der Waals surface area contributed by atoms with Crippen molar-refractivity contribution < 1.29 is 23.7 Å². The number of carbonyl (C=O) groups is 1. The molecule has 7 heteroatoms. The highest BCUT2D eigenvalue weighted by Crippen LogP contribution is 2.43. The Bertz CT molecular complexity index is 1190. The number of methoxy groups -OCH3 is 2. The second-order valence-corrected chi connectivity index (χ2v) is 10.2. The van der Waals surface area contributed by atoms with Crippen LogP contribution in [0, 0.1) is 5.92 Å². The minimum absolute atomic E-state index is 0.125. The van der Waals surface area contributed by atoms with Crippen molar-refractivity contribution in [2.24, 2.45) is 5.92 Å². The molecule has 0 spiro atoms. The Morgan fingerprint density at radius 2 is 1.94 bits per heavy atom. The number of ketones is 1. The molecule has 2 fully saturated rings. The molecule has 0 aromatic heterocycles. The molecule has 4 aliphatic heterocycles. The second-order valence-electron chi connectivity index (χ2n) is 10.2. The predicted octanol–water partition coefficient (Wildman–Crippen LogP) is 4.74. The summed E-state index contributed by atoms with van der Waals surface area (Å²) in [5.41, 5.74) is 2.28. The molecule has 2 saturated heterocycles. The quantitative estimate of drug-likeness (QED) is 0.561. The highest BCUT2D eigenvalue weighted by molar-refractivity contribution is 6.15. The molecular weight excluding hydrogens is 456 g/mol. The molecule has 190 valence electrons. The van der Waals surface area contributed by atoms with Gasteiger partial charge in [0.05, 0.1) is 25.3 Å². The molecule has 4 aliphatic rings. The number of para-hydroxylation sites is 1. The van der Waals surface area contributed by atoms with Gasteiger partial charge in [-0.25, -0.2) is 0 Å². The molecule has 0 radical (unpaired) electrons. The minimum atomic E-state index is -0.125. The van der Waals surface area contributed by atoms with Gasteiger partial charge in [0.25, 0.3) is 0 Å². The lowest BCUT2D eigenvalue weighted by molar-refractivity contribution is 0.0141. The zero-order valence-corrected chi connectivity index (χ0v) is 21.1. The third kappa shape index (κ3) is 4.14. The molecule has 0 saturated carbocycles. The van der Waals surface area contributed by atoms with E-state index in [9.17, 15) is 4.79 Å². The molecule has 0 bridgehead atoms. The summed E-state index contributed by atoms with van der Waals surface area (Å²) in [5.74, 6) is 3.43. The first-order chi connectivity index (χ1) is 17.7. The first-order valence-corrected chi connectivity index (χ1v) is 13.1. The van der Waals surface area contributed by atoms with E-state index in [4.69, 9.17) is 18.9 Å². The maximum absolute atomic E-state index is 13.3. The lowest BCUT2D eigenvalue weighted by atomic mass is 9.83. The number of piperidine rings is 2. The van der Waals surface area contributed by atoms with E-state index in [0.29, 0.717) is 41.5 Å². The van der Waals surface area contributed by atoms with Crippen LogP contribution in [0.4, 0.5) is 0 Å². The van der Waals surface area contributed by atoms with Crippen LogP contribution in [-0.2, 0) is 6.54 Å². The van der Waals surface area contributed by atoms with E-state index in [-0.39, 0.29) is 11.5 Å². The number of hydrogen-bond acceptors (Lipinski definition) is 7. The molecule has 6 rings (SSSR count). The van der Waals surface area contributed by atoms with Crippen LogP contribution in [0.25, 0.3) is 6.08 Å². The van der Waals surface area contributed by atoms with Crippen molar-refractivity contribution in [3.8, 4) is 23.0 Å². The monoisotopic (exact) mass is 490 g/mol. The fraction of sp³-hybridized carbons (Fsp3) is 0.483. The van der Waals surface area contributed by atoms with E-state index in [1.807, 2.05) is 30.3 Å². The van der Waals surface area contributed by atoms with Crippen LogP contribution in [0.1, 0.15) is 53.6 Å². The number of rotatable bonds is 5. The maximum atomic E-state index is 13.3. The van der Waals surface area contributed by atoms with E-state index >= 15 is 0 Å². The van der Waals surface area contributed by atoms with Gasteiger partial charge in [0.2, 0.25) is 5.78 Å². The Balaban J connectivity index is 1.24. The van der Waals surface area contributed by atoms with E-state index in [0.717, 1.165) is 30.0 Å². The Morgan fingerprint density at radius 3 is 2.81 bits per heavy atom. The smallest absolute Gasteiger partial charge is 0.231 e. The molecule has 2 unspecified atom stereocenters. The van der Waals surface area contributed by atoms with Gasteiger partial charge in [-0.1, -0.05) is 18.6 Å². The van der Waals surface area contributed by atoms with E-state index in [1.54, 1.807) is 20.3 Å². The molecule has 2 aromatic rings. The Kier molecular flexibility index (Phi) is 6.36. The van der Waals surface area contributed by atoms with Crippen LogP contribution >= 0.6 is 0 Å². The number of ether oxygens (including phenoxy) is 4. The molecule has 2 atom stereocenters. The van der Waals surface area contributed by atoms with Gasteiger partial charge in [0, 0.05) is 24.7 Å². The lowest BCUT2D eigenvalue weighted by Gasteiger charge is -2.46. The van der Waals surface area contributed by atoms with Crippen molar-refractivity contribution in [1.29, 1.82) is 0 Å².